The van der Waals surface area contributed by atoms with Crippen molar-refractivity contribution in [2.24, 2.45) is 7.05 Å². The Morgan fingerprint density at radius 2 is 2.11 bits per heavy atom. The number of nitrogens with two attached hydrogens (primary N) is 1. The van der Waals surface area contributed by atoms with Crippen molar-refractivity contribution in [2.45, 2.75) is 13.8 Å². The van der Waals surface area contributed by atoms with Gasteiger partial charge >= 0.3 is 0 Å². The van der Waals surface area contributed by atoms with Crippen LogP contribution in [0.5, 0.6) is 0 Å². The Kier molecular flexibility index (Phi) is 3.25. The number of aryl methyl sites for hydroxylation is 3. The number of anilines is 2. The molecule has 2 aromatic rings. The molecule has 0 fully saturated rings. The second-order valence-corrected chi connectivity index (χ2v) is 4.46. The Morgan fingerprint density at radius 1 is 1.42 bits per heavy atom. The highest BCUT2D eigenvalue weighted by molar-refractivity contribution is 6.05. The van der Waals surface area contributed by atoms with E-state index in [-0.39, 0.29) is 5.56 Å². The molecule has 1 amide bonds. The number of rotatable bonds is 2. The standard InChI is InChI=1S/C13H15FN4O/c1-7-4-9(15)5-10(12(7)14)13(19)16-11-6-18(3)17-8(11)2/h4-6H,15H2,1-3H3,(H,16,19). The molecule has 6 heteroatoms. The summed E-state index contributed by atoms with van der Waals surface area (Å²) in [4.78, 5) is 12.1. The highest BCUT2D eigenvalue weighted by atomic mass is 19.1. The van der Waals surface area contributed by atoms with Crippen LogP contribution in [0.15, 0.2) is 18.3 Å². The van der Waals surface area contributed by atoms with Crippen molar-refractivity contribution in [3.05, 3.63) is 41.0 Å². The first-order chi connectivity index (χ1) is 8.88. The molecule has 2 rings (SSSR count). The zero-order valence-corrected chi connectivity index (χ0v) is 11.0. The zero-order chi connectivity index (χ0) is 14.2. The number of nitrogen functional groups attached to an aromatic ring is 1. The molecule has 0 aliphatic heterocycles. The van der Waals surface area contributed by atoms with Crippen LogP contribution in [0, 0.1) is 19.7 Å². The molecule has 19 heavy (non-hydrogen) atoms. The average Bonchev–Trinajstić information content (AvgIpc) is 2.62. The average molecular weight is 262 g/mol. The predicted molar refractivity (Wildman–Crippen MR) is 71.4 cm³/mol. The van der Waals surface area contributed by atoms with Gasteiger partial charge in [0.05, 0.1) is 16.9 Å². The van der Waals surface area contributed by atoms with Crippen LogP contribution in [-0.4, -0.2) is 15.7 Å². The summed E-state index contributed by atoms with van der Waals surface area (Å²) in [7, 11) is 1.74. The van der Waals surface area contributed by atoms with Gasteiger partial charge in [-0.3, -0.25) is 9.48 Å². The molecule has 0 atom stereocenters. The van der Waals surface area contributed by atoms with Gasteiger partial charge in [0.25, 0.3) is 5.91 Å². The Hall–Kier alpha value is -2.37. The van der Waals surface area contributed by atoms with Crippen molar-refractivity contribution < 1.29 is 9.18 Å². The fraction of sp³-hybridized carbons (Fsp3) is 0.231. The Balaban J connectivity index is 2.33. The Labute approximate surface area is 110 Å². The molecule has 0 aliphatic carbocycles. The summed E-state index contributed by atoms with van der Waals surface area (Å²) in [5.74, 6) is -1.10. The monoisotopic (exact) mass is 262 g/mol. The summed E-state index contributed by atoms with van der Waals surface area (Å²) in [5.41, 5.74) is 7.47. The van der Waals surface area contributed by atoms with E-state index >= 15 is 0 Å². The lowest BCUT2D eigenvalue weighted by Crippen LogP contribution is -2.15. The van der Waals surface area contributed by atoms with Crippen LogP contribution in [0.3, 0.4) is 0 Å². The van der Waals surface area contributed by atoms with Gasteiger partial charge < -0.3 is 11.1 Å². The molecular weight excluding hydrogens is 247 g/mol. The number of hydrogen-bond donors (Lipinski definition) is 2. The first-order valence-corrected chi connectivity index (χ1v) is 5.75. The van der Waals surface area contributed by atoms with Crippen LogP contribution in [0.4, 0.5) is 15.8 Å². The fourth-order valence-electron chi connectivity index (χ4n) is 1.87. The second kappa shape index (κ2) is 4.72. The number of nitrogens with one attached hydrogen (secondary N) is 1. The minimum absolute atomic E-state index is 0.0687. The van der Waals surface area contributed by atoms with Crippen molar-refractivity contribution in [2.75, 3.05) is 11.1 Å². The van der Waals surface area contributed by atoms with E-state index in [4.69, 9.17) is 5.73 Å². The van der Waals surface area contributed by atoms with Gasteiger partial charge in [-0.05, 0) is 31.5 Å². The summed E-state index contributed by atoms with van der Waals surface area (Å²) in [5, 5.41) is 6.72. The molecule has 0 bridgehead atoms. The van der Waals surface area contributed by atoms with E-state index in [1.165, 1.54) is 12.1 Å². The molecule has 0 spiro atoms. The van der Waals surface area contributed by atoms with Crippen LogP contribution in [0.25, 0.3) is 0 Å². The lowest BCUT2D eigenvalue weighted by molar-refractivity contribution is 0.102. The number of carbonyl (C=O) groups is 1. The summed E-state index contributed by atoms with van der Waals surface area (Å²) in [6, 6.07) is 2.81. The van der Waals surface area contributed by atoms with Gasteiger partial charge in [-0.1, -0.05) is 0 Å². The van der Waals surface area contributed by atoms with Crippen molar-refractivity contribution in [1.29, 1.82) is 0 Å². The molecule has 3 N–H and O–H groups in total. The second-order valence-electron chi connectivity index (χ2n) is 4.46. The fourth-order valence-corrected chi connectivity index (χ4v) is 1.87. The van der Waals surface area contributed by atoms with Gasteiger partial charge in [-0.15, -0.1) is 0 Å². The van der Waals surface area contributed by atoms with Gasteiger partial charge in [0, 0.05) is 18.9 Å². The molecule has 0 aliphatic rings. The lowest BCUT2D eigenvalue weighted by atomic mass is 10.1. The molecule has 5 nitrogen and oxygen atoms in total. The summed E-state index contributed by atoms with van der Waals surface area (Å²) in [6.45, 7) is 3.33. The zero-order valence-electron chi connectivity index (χ0n) is 11.0. The highest BCUT2D eigenvalue weighted by Gasteiger charge is 2.16. The first kappa shape index (κ1) is 13.1. The van der Waals surface area contributed by atoms with Crippen molar-refractivity contribution in [3.63, 3.8) is 0 Å². The van der Waals surface area contributed by atoms with Crippen LogP contribution in [0.2, 0.25) is 0 Å². The lowest BCUT2D eigenvalue weighted by Gasteiger charge is -2.08. The van der Waals surface area contributed by atoms with Gasteiger partial charge in [-0.2, -0.15) is 5.10 Å². The van der Waals surface area contributed by atoms with Crippen molar-refractivity contribution in [1.82, 2.24) is 9.78 Å². The number of amides is 1. The molecule has 1 heterocycles. The number of hydrogen-bond acceptors (Lipinski definition) is 3. The molecular formula is C13H15FN4O. The number of halogens is 1. The quantitative estimate of drug-likeness (QED) is 0.813. The topological polar surface area (TPSA) is 72.9 Å². The smallest absolute Gasteiger partial charge is 0.258 e. The van der Waals surface area contributed by atoms with Gasteiger partial charge in [0.2, 0.25) is 0 Å². The van der Waals surface area contributed by atoms with E-state index in [9.17, 15) is 9.18 Å². The van der Waals surface area contributed by atoms with E-state index in [0.717, 1.165) is 0 Å². The maximum absolute atomic E-state index is 13.9. The predicted octanol–water partition coefficient (Wildman–Crippen LogP) is 2.01. The molecule has 0 saturated heterocycles. The third-order valence-electron chi connectivity index (χ3n) is 2.78. The third kappa shape index (κ3) is 2.57. The van der Waals surface area contributed by atoms with E-state index < -0.39 is 11.7 Å². The largest absolute Gasteiger partial charge is 0.399 e. The minimum atomic E-state index is -0.562. The number of nitrogens with zero attached hydrogens (tertiary/aromatic N) is 2. The van der Waals surface area contributed by atoms with Gasteiger partial charge in [-0.25, -0.2) is 4.39 Å². The Bertz CT molecular complexity index is 648. The van der Waals surface area contributed by atoms with Gasteiger partial charge in [0.1, 0.15) is 5.82 Å². The number of carbonyl (C=O) groups excluding carboxylic acids is 1. The van der Waals surface area contributed by atoms with E-state index in [1.807, 2.05) is 0 Å². The van der Waals surface area contributed by atoms with Gasteiger partial charge in [0.15, 0.2) is 0 Å². The van der Waals surface area contributed by atoms with Crippen LogP contribution in [-0.2, 0) is 7.05 Å². The molecule has 0 saturated carbocycles. The summed E-state index contributed by atoms with van der Waals surface area (Å²) >= 11 is 0. The molecule has 100 valence electrons. The highest BCUT2D eigenvalue weighted by Crippen LogP contribution is 2.19. The summed E-state index contributed by atoms with van der Waals surface area (Å²) < 4.78 is 15.5. The van der Waals surface area contributed by atoms with Crippen molar-refractivity contribution >= 4 is 17.3 Å². The Morgan fingerprint density at radius 3 is 2.68 bits per heavy atom. The summed E-state index contributed by atoms with van der Waals surface area (Å²) in [6.07, 6.45) is 1.66. The normalized spacial score (nSPS) is 10.5. The van der Waals surface area contributed by atoms with Crippen molar-refractivity contribution in [3.8, 4) is 0 Å². The number of aromatic nitrogens is 2. The minimum Gasteiger partial charge on any atom is -0.399 e. The van der Waals surface area contributed by atoms with E-state index in [2.05, 4.69) is 10.4 Å². The molecule has 1 aromatic carbocycles. The molecule has 0 radical (unpaired) electrons. The van der Waals surface area contributed by atoms with Crippen LogP contribution < -0.4 is 11.1 Å². The van der Waals surface area contributed by atoms with E-state index in [0.29, 0.717) is 22.6 Å². The SMILES string of the molecule is Cc1cc(N)cc(C(=O)Nc2cn(C)nc2C)c1F. The third-order valence-corrected chi connectivity index (χ3v) is 2.78. The van der Waals surface area contributed by atoms with Crippen LogP contribution in [0.1, 0.15) is 21.6 Å². The molecule has 0 unspecified atom stereocenters. The van der Waals surface area contributed by atoms with E-state index in [1.54, 1.807) is 31.8 Å². The maximum atomic E-state index is 13.9. The number of benzene rings is 1. The van der Waals surface area contributed by atoms with Crippen LogP contribution >= 0.6 is 0 Å². The molecule has 1 aromatic heterocycles. The first-order valence-electron chi connectivity index (χ1n) is 5.75. The maximum Gasteiger partial charge on any atom is 0.258 e.